The van der Waals surface area contributed by atoms with Crippen molar-refractivity contribution in [2.24, 2.45) is 22.7 Å². The minimum Gasteiger partial charge on any atom is -0.493 e. The zero-order chi connectivity index (χ0) is 29.1. The molecule has 2 aliphatic carbocycles. The quantitative estimate of drug-likeness (QED) is 0.430. The molecule has 3 N–H and O–H groups in total. The Labute approximate surface area is 237 Å². The molecule has 40 heavy (non-hydrogen) atoms. The van der Waals surface area contributed by atoms with E-state index in [1.807, 2.05) is 11.8 Å². The number of piperidine rings is 1. The average molecular weight is 563 g/mol. The predicted octanol–water partition coefficient (Wildman–Crippen LogP) is 4.22. The molecule has 4 rings (SSSR count). The van der Waals surface area contributed by atoms with Crippen LogP contribution in [0.4, 0.5) is 10.5 Å². The highest BCUT2D eigenvalue weighted by Crippen LogP contribution is 2.61. The van der Waals surface area contributed by atoms with E-state index >= 15 is 0 Å². The lowest BCUT2D eigenvalue weighted by atomic mass is 9.46. The number of likely N-dealkylation sites (tertiary alicyclic amines) is 1. The Morgan fingerprint density at radius 1 is 1.00 bits per heavy atom. The van der Waals surface area contributed by atoms with Crippen molar-refractivity contribution in [2.45, 2.75) is 77.4 Å². The Morgan fingerprint density at radius 3 is 2.23 bits per heavy atom. The fraction of sp³-hybridized carbons (Fsp3) is 0.733. The van der Waals surface area contributed by atoms with Crippen LogP contribution in [0.25, 0.3) is 0 Å². The van der Waals surface area contributed by atoms with Crippen LogP contribution in [-0.4, -0.2) is 80.3 Å². The van der Waals surface area contributed by atoms with Gasteiger partial charge in [-0.1, -0.05) is 13.8 Å². The summed E-state index contributed by atoms with van der Waals surface area (Å²) in [6, 6.07) is 3.25. The minimum atomic E-state index is -0.730. The number of nitrogens with one attached hydrogen (secondary N) is 1. The molecule has 2 amide bonds. The van der Waals surface area contributed by atoms with Gasteiger partial charge in [-0.3, -0.25) is 10.1 Å². The first-order valence-corrected chi connectivity index (χ1v) is 14.5. The lowest BCUT2D eigenvalue weighted by Crippen LogP contribution is -2.61. The molecule has 0 unspecified atom stereocenters. The number of fused-ring (bicyclic) bond motifs is 1. The number of hydrogen-bond donors (Lipinski definition) is 3. The van der Waals surface area contributed by atoms with Gasteiger partial charge in [-0.05, 0) is 62.2 Å². The van der Waals surface area contributed by atoms with E-state index < -0.39 is 23.7 Å². The van der Waals surface area contributed by atoms with E-state index in [4.69, 9.17) is 18.9 Å². The minimum absolute atomic E-state index is 0.0275. The second-order valence-electron chi connectivity index (χ2n) is 12.1. The molecule has 1 aliphatic heterocycles. The maximum absolute atomic E-state index is 13.2. The predicted molar refractivity (Wildman–Crippen MR) is 150 cm³/mol. The highest BCUT2D eigenvalue weighted by atomic mass is 16.6. The maximum Gasteiger partial charge on any atom is 0.411 e. The van der Waals surface area contributed by atoms with Gasteiger partial charge in [-0.2, -0.15) is 0 Å². The lowest BCUT2D eigenvalue weighted by Gasteiger charge is -2.60. The third-order valence-corrected chi connectivity index (χ3v) is 9.94. The summed E-state index contributed by atoms with van der Waals surface area (Å²) in [6.07, 6.45) is 4.22. The normalized spacial score (nSPS) is 32.0. The largest absolute Gasteiger partial charge is 0.493 e. The number of benzene rings is 1. The van der Waals surface area contributed by atoms with E-state index in [9.17, 15) is 19.8 Å². The average Bonchev–Trinajstić information content (AvgIpc) is 2.96. The summed E-state index contributed by atoms with van der Waals surface area (Å²) in [6.45, 7) is 5.51. The van der Waals surface area contributed by atoms with Gasteiger partial charge in [0, 0.05) is 37.1 Å². The van der Waals surface area contributed by atoms with Crippen molar-refractivity contribution in [1.29, 1.82) is 0 Å². The first kappa shape index (κ1) is 30.2. The van der Waals surface area contributed by atoms with Crippen LogP contribution in [0.3, 0.4) is 0 Å². The van der Waals surface area contributed by atoms with Crippen LogP contribution in [-0.2, 0) is 9.53 Å². The number of nitrogens with zero attached hydrogens (tertiary/aromatic N) is 1. The van der Waals surface area contributed by atoms with Crippen LogP contribution in [0.1, 0.15) is 65.2 Å². The third kappa shape index (κ3) is 5.70. The fourth-order valence-electron chi connectivity index (χ4n) is 7.67. The summed E-state index contributed by atoms with van der Waals surface area (Å²) in [7, 11) is 4.51. The highest BCUT2D eigenvalue weighted by molar-refractivity contribution is 5.86. The van der Waals surface area contributed by atoms with E-state index in [1.165, 1.54) is 21.3 Å². The van der Waals surface area contributed by atoms with Gasteiger partial charge in [0.1, 0.15) is 6.10 Å². The number of anilines is 1. The van der Waals surface area contributed by atoms with E-state index in [0.717, 1.165) is 32.4 Å². The first-order chi connectivity index (χ1) is 19.1. The summed E-state index contributed by atoms with van der Waals surface area (Å²) in [5.74, 6) is 1.09. The molecule has 1 saturated heterocycles. The first-order valence-electron chi connectivity index (χ1n) is 14.5. The summed E-state index contributed by atoms with van der Waals surface area (Å²) in [5, 5.41) is 24.6. The van der Waals surface area contributed by atoms with Gasteiger partial charge in [-0.15, -0.1) is 0 Å². The molecule has 10 heteroatoms. The van der Waals surface area contributed by atoms with Crippen LogP contribution < -0.4 is 19.5 Å². The van der Waals surface area contributed by atoms with Crippen molar-refractivity contribution in [3.05, 3.63) is 12.1 Å². The van der Waals surface area contributed by atoms with E-state index in [2.05, 4.69) is 12.2 Å². The van der Waals surface area contributed by atoms with Crippen molar-refractivity contribution in [3.63, 3.8) is 0 Å². The molecular weight excluding hydrogens is 516 g/mol. The fourth-order valence-corrected chi connectivity index (χ4v) is 7.67. The van der Waals surface area contributed by atoms with E-state index in [-0.39, 0.29) is 29.8 Å². The molecule has 2 saturated carbocycles. The van der Waals surface area contributed by atoms with Crippen molar-refractivity contribution >= 4 is 17.7 Å². The molecule has 3 aliphatic rings. The zero-order valence-electron chi connectivity index (χ0n) is 24.5. The van der Waals surface area contributed by atoms with Crippen molar-refractivity contribution in [2.75, 3.05) is 46.3 Å². The third-order valence-electron chi connectivity index (χ3n) is 9.94. The van der Waals surface area contributed by atoms with Gasteiger partial charge in [0.25, 0.3) is 0 Å². The van der Waals surface area contributed by atoms with Gasteiger partial charge in [-0.25, -0.2) is 4.79 Å². The Hall–Kier alpha value is -2.72. The second kappa shape index (κ2) is 12.4. The molecule has 10 nitrogen and oxygen atoms in total. The van der Waals surface area contributed by atoms with Crippen molar-refractivity contribution < 1.29 is 38.7 Å². The Balaban J connectivity index is 1.50. The molecule has 1 heterocycles. The monoisotopic (exact) mass is 562 g/mol. The summed E-state index contributed by atoms with van der Waals surface area (Å²) < 4.78 is 22.1. The molecule has 1 aromatic carbocycles. The molecule has 3 fully saturated rings. The topological polar surface area (TPSA) is 127 Å². The van der Waals surface area contributed by atoms with Crippen LogP contribution >= 0.6 is 0 Å². The number of hydrogen-bond acceptors (Lipinski definition) is 8. The molecule has 224 valence electrons. The number of rotatable bonds is 8. The Kier molecular flexibility index (Phi) is 9.40. The molecule has 1 aromatic rings. The Morgan fingerprint density at radius 2 is 1.65 bits per heavy atom. The van der Waals surface area contributed by atoms with E-state index in [0.29, 0.717) is 55.0 Å². The molecule has 0 aromatic heterocycles. The van der Waals surface area contributed by atoms with Gasteiger partial charge in [0.15, 0.2) is 11.5 Å². The standard InChI is InChI=1S/C30H46N2O8/c1-29-12-11-25(40-28(36)31-19-15-22(37-3)27(39-5)23(16-19)38-4)30(2,18-33)24(29)10-9-21(34)20(29)17-26(35)32-13-7-6-8-14-32/h15-16,20-21,24-25,33-34H,6-14,17-18H2,1-5H3,(H,31,36)/t20-,21-,24-,25-,29+,30+/m1/s1. The number of amides is 2. The SMILES string of the molecule is COc1cc(NC(=O)O[C@@H]2CC[C@]3(C)[C@@H](CC[C@@H](O)[C@H]3CC(=O)N3CCCCC3)[C@]2(C)CO)cc(OC)c1OC. The number of methoxy groups -OCH3 is 3. The molecule has 0 bridgehead atoms. The number of aliphatic hydroxyl groups is 2. The smallest absolute Gasteiger partial charge is 0.411 e. The number of ether oxygens (including phenoxy) is 4. The lowest BCUT2D eigenvalue weighted by molar-refractivity contribution is -0.186. The highest BCUT2D eigenvalue weighted by Gasteiger charge is 2.60. The maximum atomic E-state index is 13.2. The number of carbonyl (C=O) groups is 2. The van der Waals surface area contributed by atoms with Crippen LogP contribution in [0.2, 0.25) is 0 Å². The number of aliphatic hydroxyl groups excluding tert-OH is 2. The molecule has 6 atom stereocenters. The van der Waals surface area contributed by atoms with Crippen molar-refractivity contribution in [3.8, 4) is 17.2 Å². The van der Waals surface area contributed by atoms with Crippen LogP contribution in [0, 0.1) is 22.7 Å². The van der Waals surface area contributed by atoms with Gasteiger partial charge >= 0.3 is 6.09 Å². The van der Waals surface area contributed by atoms with E-state index in [1.54, 1.807) is 12.1 Å². The Bertz CT molecular complexity index is 1040. The summed E-state index contributed by atoms with van der Waals surface area (Å²) in [5.41, 5.74) is -0.678. The van der Waals surface area contributed by atoms with Crippen molar-refractivity contribution in [1.82, 2.24) is 4.90 Å². The zero-order valence-corrected chi connectivity index (χ0v) is 24.5. The summed E-state index contributed by atoms with van der Waals surface area (Å²) in [4.78, 5) is 28.3. The van der Waals surface area contributed by atoms with Gasteiger partial charge < -0.3 is 34.1 Å². The van der Waals surface area contributed by atoms with Gasteiger partial charge in [0.05, 0.1) is 39.7 Å². The summed E-state index contributed by atoms with van der Waals surface area (Å²) >= 11 is 0. The molecule has 0 spiro atoms. The van der Waals surface area contributed by atoms with Crippen LogP contribution in [0.5, 0.6) is 17.2 Å². The molecule has 0 radical (unpaired) electrons. The van der Waals surface area contributed by atoms with Gasteiger partial charge in [0.2, 0.25) is 11.7 Å². The molecular formula is C30H46N2O8. The second-order valence-corrected chi connectivity index (χ2v) is 12.1. The van der Waals surface area contributed by atoms with Crippen LogP contribution in [0.15, 0.2) is 12.1 Å². The number of carbonyl (C=O) groups excluding carboxylic acids is 2.